The molecule has 2 aromatic rings. The third-order valence-electron chi connectivity index (χ3n) is 3.76. The molecule has 1 unspecified atom stereocenters. The second kappa shape index (κ2) is 4.75. The van der Waals surface area contributed by atoms with E-state index in [4.69, 9.17) is 0 Å². The first-order valence-electron chi connectivity index (χ1n) is 6.39. The Balaban J connectivity index is 1.68. The van der Waals surface area contributed by atoms with Crippen molar-refractivity contribution in [1.29, 1.82) is 0 Å². The Kier molecular flexibility index (Phi) is 3.12. The van der Waals surface area contributed by atoms with E-state index < -0.39 is 0 Å². The molecule has 2 aromatic heterocycles. The summed E-state index contributed by atoms with van der Waals surface area (Å²) in [5.41, 5.74) is 2.42. The molecule has 0 aromatic carbocycles. The Morgan fingerprint density at radius 2 is 2.41 bits per heavy atom. The average molecular weight is 246 g/mol. The summed E-state index contributed by atoms with van der Waals surface area (Å²) < 4.78 is 1.29. The van der Waals surface area contributed by atoms with Crippen molar-refractivity contribution in [2.45, 2.75) is 32.2 Å². The predicted molar refractivity (Wildman–Crippen MR) is 73.4 cm³/mol. The lowest BCUT2D eigenvalue weighted by Gasteiger charge is -2.27. The first-order chi connectivity index (χ1) is 8.33. The third kappa shape index (κ3) is 2.35. The van der Waals surface area contributed by atoms with Gasteiger partial charge in [-0.3, -0.25) is 4.98 Å². The Bertz CT molecular complexity index is 502. The van der Waals surface area contributed by atoms with Gasteiger partial charge in [-0.1, -0.05) is 6.42 Å². The summed E-state index contributed by atoms with van der Waals surface area (Å²) in [6.45, 7) is 3.39. The lowest BCUT2D eigenvalue weighted by atomic mass is 9.85. The number of nitrogens with zero attached hydrogens (tertiary/aromatic N) is 1. The highest BCUT2D eigenvalue weighted by Crippen LogP contribution is 2.27. The predicted octanol–water partition coefficient (Wildman–Crippen LogP) is 3.75. The smallest absolute Gasteiger partial charge is 0.0809 e. The van der Waals surface area contributed by atoms with Crippen LogP contribution in [0.25, 0.3) is 10.2 Å². The Morgan fingerprint density at radius 1 is 1.53 bits per heavy atom. The highest BCUT2D eigenvalue weighted by molar-refractivity contribution is 7.17. The van der Waals surface area contributed by atoms with Gasteiger partial charge in [0.15, 0.2) is 0 Å². The van der Waals surface area contributed by atoms with Crippen LogP contribution in [-0.2, 0) is 0 Å². The number of rotatable bonds is 4. The minimum absolute atomic E-state index is 0.412. The molecule has 0 radical (unpaired) electrons. The molecule has 2 nitrogen and oxygen atoms in total. The van der Waals surface area contributed by atoms with Gasteiger partial charge in [0, 0.05) is 12.2 Å². The van der Waals surface area contributed by atoms with Crippen LogP contribution in [0.3, 0.4) is 0 Å². The van der Waals surface area contributed by atoms with Crippen LogP contribution in [0, 0.1) is 5.92 Å². The number of fused-ring (bicyclic) bond motifs is 1. The van der Waals surface area contributed by atoms with Crippen LogP contribution >= 0.6 is 11.3 Å². The first-order valence-corrected chi connectivity index (χ1v) is 7.27. The van der Waals surface area contributed by atoms with Gasteiger partial charge in [-0.05, 0) is 55.3 Å². The maximum absolute atomic E-state index is 4.49. The second-order valence-corrected chi connectivity index (χ2v) is 5.95. The van der Waals surface area contributed by atoms with Crippen LogP contribution < -0.4 is 5.32 Å². The first kappa shape index (κ1) is 11.2. The average Bonchev–Trinajstić information content (AvgIpc) is 2.73. The quantitative estimate of drug-likeness (QED) is 0.888. The summed E-state index contributed by atoms with van der Waals surface area (Å²) in [6, 6.07) is 4.76. The minimum atomic E-state index is 0.412. The second-order valence-electron chi connectivity index (χ2n) is 5.00. The third-order valence-corrected chi connectivity index (χ3v) is 4.61. The van der Waals surface area contributed by atoms with E-state index in [1.165, 1.54) is 29.5 Å². The van der Waals surface area contributed by atoms with Crippen molar-refractivity contribution >= 4 is 21.6 Å². The van der Waals surface area contributed by atoms with Gasteiger partial charge in [0.05, 0.1) is 10.2 Å². The Labute approximate surface area is 106 Å². The largest absolute Gasteiger partial charge is 0.310 e. The molecular weight excluding hydrogens is 228 g/mol. The van der Waals surface area contributed by atoms with E-state index in [1.807, 2.05) is 6.20 Å². The summed E-state index contributed by atoms with van der Waals surface area (Å²) in [7, 11) is 0. The van der Waals surface area contributed by atoms with Gasteiger partial charge >= 0.3 is 0 Å². The monoisotopic (exact) mass is 246 g/mol. The molecule has 1 fully saturated rings. The summed E-state index contributed by atoms with van der Waals surface area (Å²) >= 11 is 1.77. The van der Waals surface area contributed by atoms with Crippen molar-refractivity contribution in [2.24, 2.45) is 5.92 Å². The number of thiophene rings is 1. The summed E-state index contributed by atoms with van der Waals surface area (Å²) in [6.07, 6.45) is 6.24. The van der Waals surface area contributed by atoms with Gasteiger partial charge in [-0.25, -0.2) is 0 Å². The van der Waals surface area contributed by atoms with Crippen LogP contribution in [0.1, 0.15) is 37.8 Å². The molecule has 1 N–H and O–H groups in total. The van der Waals surface area contributed by atoms with Crippen LogP contribution in [-0.4, -0.2) is 11.5 Å². The van der Waals surface area contributed by atoms with E-state index in [1.54, 1.807) is 11.3 Å². The molecule has 0 aliphatic heterocycles. The molecule has 0 amide bonds. The van der Waals surface area contributed by atoms with Gasteiger partial charge in [0.25, 0.3) is 0 Å². The van der Waals surface area contributed by atoms with E-state index in [0.29, 0.717) is 6.04 Å². The standard InChI is InChI=1S/C14H18N2S/c1-10(15-8-11-3-2-4-11)12-7-14-13(16-9-12)5-6-17-14/h5-7,9-11,15H,2-4,8H2,1H3. The summed E-state index contributed by atoms with van der Waals surface area (Å²) in [5.74, 6) is 0.913. The molecule has 3 heteroatoms. The van der Waals surface area contributed by atoms with Crippen molar-refractivity contribution in [3.05, 3.63) is 29.3 Å². The fourth-order valence-corrected chi connectivity index (χ4v) is 3.05. The zero-order valence-electron chi connectivity index (χ0n) is 10.1. The van der Waals surface area contributed by atoms with Gasteiger partial charge in [0.2, 0.25) is 0 Å². The van der Waals surface area contributed by atoms with E-state index >= 15 is 0 Å². The normalized spacial score (nSPS) is 18.2. The molecule has 2 heterocycles. The van der Waals surface area contributed by atoms with Gasteiger partial charge in [-0.2, -0.15) is 0 Å². The van der Waals surface area contributed by atoms with Crippen molar-refractivity contribution < 1.29 is 0 Å². The number of aromatic nitrogens is 1. The molecule has 1 atom stereocenters. The molecule has 0 bridgehead atoms. The lowest BCUT2D eigenvalue weighted by Crippen LogP contribution is -2.29. The summed E-state index contributed by atoms with van der Waals surface area (Å²) in [5, 5.41) is 5.73. The van der Waals surface area contributed by atoms with Gasteiger partial charge < -0.3 is 5.32 Å². The Hall–Kier alpha value is -0.930. The maximum atomic E-state index is 4.49. The molecule has 1 aliphatic carbocycles. The van der Waals surface area contributed by atoms with E-state index in [9.17, 15) is 0 Å². The number of hydrogen-bond donors (Lipinski definition) is 1. The van der Waals surface area contributed by atoms with Crippen molar-refractivity contribution in [2.75, 3.05) is 6.54 Å². The molecule has 3 rings (SSSR count). The Morgan fingerprint density at radius 3 is 3.18 bits per heavy atom. The minimum Gasteiger partial charge on any atom is -0.310 e. The zero-order chi connectivity index (χ0) is 11.7. The van der Waals surface area contributed by atoms with Crippen LogP contribution in [0.5, 0.6) is 0 Å². The fraction of sp³-hybridized carbons (Fsp3) is 0.500. The molecule has 0 spiro atoms. The van der Waals surface area contributed by atoms with Gasteiger partial charge in [0.1, 0.15) is 0 Å². The highest BCUT2D eigenvalue weighted by Gasteiger charge is 2.18. The van der Waals surface area contributed by atoms with E-state index in [0.717, 1.165) is 18.0 Å². The van der Waals surface area contributed by atoms with Crippen LogP contribution in [0.2, 0.25) is 0 Å². The molecule has 0 saturated heterocycles. The fourth-order valence-electron chi connectivity index (χ4n) is 2.26. The number of hydrogen-bond acceptors (Lipinski definition) is 3. The van der Waals surface area contributed by atoms with E-state index in [-0.39, 0.29) is 0 Å². The van der Waals surface area contributed by atoms with Crippen LogP contribution in [0.4, 0.5) is 0 Å². The number of nitrogens with one attached hydrogen (secondary N) is 1. The molecular formula is C14H18N2S. The van der Waals surface area contributed by atoms with E-state index in [2.05, 4.69) is 34.7 Å². The van der Waals surface area contributed by atoms with Crippen LogP contribution in [0.15, 0.2) is 23.7 Å². The highest BCUT2D eigenvalue weighted by atomic mass is 32.1. The zero-order valence-corrected chi connectivity index (χ0v) is 11.0. The van der Waals surface area contributed by atoms with Crippen molar-refractivity contribution in [3.8, 4) is 0 Å². The SMILES string of the molecule is CC(NCC1CCC1)c1cnc2ccsc2c1. The molecule has 90 valence electrons. The topological polar surface area (TPSA) is 24.9 Å². The van der Waals surface area contributed by atoms with Crippen molar-refractivity contribution in [1.82, 2.24) is 10.3 Å². The maximum Gasteiger partial charge on any atom is 0.0809 e. The van der Waals surface area contributed by atoms with Gasteiger partial charge in [-0.15, -0.1) is 11.3 Å². The molecule has 1 aliphatic rings. The molecule has 17 heavy (non-hydrogen) atoms. The lowest BCUT2D eigenvalue weighted by molar-refractivity contribution is 0.292. The number of pyridine rings is 1. The van der Waals surface area contributed by atoms with Crippen molar-refractivity contribution in [3.63, 3.8) is 0 Å². The molecule has 1 saturated carbocycles. The summed E-state index contributed by atoms with van der Waals surface area (Å²) in [4.78, 5) is 4.49.